The quantitative estimate of drug-likeness (QED) is 0.446. The van der Waals surface area contributed by atoms with Gasteiger partial charge in [0.1, 0.15) is 11.2 Å². The van der Waals surface area contributed by atoms with Crippen LogP contribution in [0.25, 0.3) is 0 Å². The normalized spacial score (nSPS) is 12.8. The predicted octanol–water partition coefficient (Wildman–Crippen LogP) is 2.93. The van der Waals surface area contributed by atoms with E-state index in [9.17, 15) is 9.59 Å². The third-order valence-corrected chi connectivity index (χ3v) is 2.30. The lowest BCUT2D eigenvalue weighted by Crippen LogP contribution is -2.28. The molecule has 6 heteroatoms. The lowest BCUT2D eigenvalue weighted by molar-refractivity contribution is -0.154. The van der Waals surface area contributed by atoms with Crippen LogP contribution in [0.1, 0.15) is 48.0 Å². The summed E-state index contributed by atoms with van der Waals surface area (Å²) in [5, 5.41) is 3.72. The second-order valence-corrected chi connectivity index (χ2v) is 7.38. The minimum absolute atomic E-state index is 0.00348. The average Bonchev–Trinajstić information content (AvgIpc) is 2.20. The van der Waals surface area contributed by atoms with E-state index in [0.717, 1.165) is 0 Å². The van der Waals surface area contributed by atoms with E-state index in [4.69, 9.17) is 9.47 Å². The Morgan fingerprint density at radius 2 is 1.57 bits per heavy atom. The molecule has 0 fully saturated rings. The van der Waals surface area contributed by atoms with Crippen LogP contribution in [-0.4, -0.2) is 35.0 Å². The second-order valence-electron chi connectivity index (χ2n) is 6.58. The summed E-state index contributed by atoms with van der Waals surface area (Å²) in [5.41, 5.74) is -0.637. The molecule has 0 unspecified atom stereocenters. The average molecular weight is 364 g/mol. The number of nitrogens with one attached hydrogen (secondary N) is 1. The first-order valence-corrected chi connectivity index (χ1v) is 8.00. The van der Waals surface area contributed by atoms with Crippen molar-refractivity contribution in [2.75, 3.05) is 11.9 Å². The van der Waals surface area contributed by atoms with Gasteiger partial charge in [-0.05, 0) is 41.5 Å². The zero-order chi connectivity index (χ0) is 16.7. The number of alkyl halides is 1. The first-order valence-electron chi connectivity index (χ1n) is 6.88. The maximum atomic E-state index is 11.8. The highest BCUT2D eigenvalue weighted by atomic mass is 79.9. The third-order valence-electron chi connectivity index (χ3n) is 1.90. The number of hydrogen-bond donors (Lipinski definition) is 1. The molecule has 0 saturated carbocycles. The maximum absolute atomic E-state index is 11.8. The van der Waals surface area contributed by atoms with Gasteiger partial charge in [-0.2, -0.15) is 0 Å². The first-order chi connectivity index (χ1) is 9.43. The molecular weight excluding hydrogens is 338 g/mol. The van der Waals surface area contributed by atoms with Crippen LogP contribution < -0.4 is 5.32 Å². The van der Waals surface area contributed by atoms with Crippen LogP contribution in [-0.2, 0) is 19.1 Å². The van der Waals surface area contributed by atoms with Gasteiger partial charge in [0.2, 0.25) is 0 Å². The summed E-state index contributed by atoms with van der Waals surface area (Å²) in [6.07, 6.45) is 1.31. The monoisotopic (exact) mass is 363 g/mol. The molecule has 0 aliphatic rings. The maximum Gasteiger partial charge on any atom is 0.333 e. The van der Waals surface area contributed by atoms with E-state index in [1.54, 1.807) is 41.5 Å². The van der Waals surface area contributed by atoms with Crippen molar-refractivity contribution in [2.45, 2.75) is 59.2 Å². The Morgan fingerprint density at radius 3 is 2.00 bits per heavy atom. The van der Waals surface area contributed by atoms with Gasteiger partial charge in [-0.25, -0.2) is 4.79 Å². The number of rotatable bonds is 6. The van der Waals surface area contributed by atoms with Crippen LogP contribution in [0.15, 0.2) is 11.8 Å². The molecular formula is C15H26BrNO4. The van der Waals surface area contributed by atoms with Gasteiger partial charge in [-0.1, -0.05) is 15.9 Å². The van der Waals surface area contributed by atoms with Crippen molar-refractivity contribution < 1.29 is 19.1 Å². The zero-order valence-electron chi connectivity index (χ0n) is 13.7. The minimum Gasteiger partial charge on any atom is -0.460 e. The Labute approximate surface area is 135 Å². The fourth-order valence-corrected chi connectivity index (χ4v) is 1.58. The van der Waals surface area contributed by atoms with E-state index < -0.39 is 17.2 Å². The summed E-state index contributed by atoms with van der Waals surface area (Å²) in [5.74, 6) is -0.873. The van der Waals surface area contributed by atoms with Crippen LogP contribution in [0.5, 0.6) is 0 Å². The van der Waals surface area contributed by atoms with Crippen molar-refractivity contribution in [3.63, 3.8) is 0 Å². The van der Waals surface area contributed by atoms with Gasteiger partial charge >= 0.3 is 11.9 Å². The Hall–Kier alpha value is -1.04. The number of halogens is 1. The molecule has 21 heavy (non-hydrogen) atoms. The molecule has 0 atom stereocenters. The van der Waals surface area contributed by atoms with Crippen LogP contribution in [0.4, 0.5) is 0 Å². The number of carbonyl (C=O) groups is 2. The molecule has 0 aromatic rings. The Balaban J connectivity index is 4.79. The summed E-state index contributed by atoms with van der Waals surface area (Å²) in [4.78, 5) is 23.6. The predicted molar refractivity (Wildman–Crippen MR) is 86.2 cm³/mol. The molecule has 0 amide bonds. The zero-order valence-corrected chi connectivity index (χ0v) is 15.3. The highest BCUT2D eigenvalue weighted by molar-refractivity contribution is 9.09. The largest absolute Gasteiger partial charge is 0.460 e. The fraction of sp³-hybridized carbons (Fsp3) is 0.733. The van der Waals surface area contributed by atoms with Gasteiger partial charge in [0.25, 0.3) is 0 Å². The second kappa shape index (κ2) is 8.41. The molecule has 0 bridgehead atoms. The van der Waals surface area contributed by atoms with E-state index in [0.29, 0.717) is 17.6 Å². The summed E-state index contributed by atoms with van der Waals surface area (Å²) >= 11 is 3.29. The molecule has 0 aromatic heterocycles. The van der Waals surface area contributed by atoms with Crippen molar-refractivity contribution in [3.05, 3.63) is 11.8 Å². The van der Waals surface area contributed by atoms with Crippen molar-refractivity contribution in [2.24, 2.45) is 0 Å². The smallest absolute Gasteiger partial charge is 0.333 e. The highest BCUT2D eigenvalue weighted by Crippen LogP contribution is 2.12. The molecule has 0 spiro atoms. The van der Waals surface area contributed by atoms with Gasteiger partial charge in [-0.3, -0.25) is 4.79 Å². The van der Waals surface area contributed by atoms with E-state index in [1.807, 2.05) is 0 Å². The number of esters is 2. The molecule has 0 aliphatic heterocycles. The van der Waals surface area contributed by atoms with E-state index >= 15 is 0 Å². The molecule has 1 N–H and O–H groups in total. The Bertz CT molecular complexity index is 391. The number of carbonyl (C=O) groups excluding carboxylic acids is 2. The molecule has 0 heterocycles. The third kappa shape index (κ3) is 12.4. The van der Waals surface area contributed by atoms with Crippen molar-refractivity contribution in [3.8, 4) is 0 Å². The van der Waals surface area contributed by atoms with Crippen LogP contribution >= 0.6 is 15.9 Å². The van der Waals surface area contributed by atoms with Crippen LogP contribution in [0.3, 0.4) is 0 Å². The van der Waals surface area contributed by atoms with Gasteiger partial charge in [0.15, 0.2) is 0 Å². The number of hydrogen-bond acceptors (Lipinski definition) is 5. The standard InChI is InChI=1S/C15H26BrNO4/c1-14(2,3)20-12(18)9-11(17-8-7-16)10-13(19)21-15(4,5)6/h9,17H,7-8,10H2,1-6H3/b11-9-. The molecule has 5 nitrogen and oxygen atoms in total. The van der Waals surface area contributed by atoms with Crippen molar-refractivity contribution >= 4 is 27.9 Å². The summed E-state index contributed by atoms with van der Waals surface area (Å²) in [6, 6.07) is 0. The fourth-order valence-electron chi connectivity index (χ4n) is 1.38. The van der Waals surface area contributed by atoms with Crippen molar-refractivity contribution in [1.82, 2.24) is 5.32 Å². The van der Waals surface area contributed by atoms with Gasteiger partial charge in [0, 0.05) is 23.6 Å². The molecule has 0 aromatic carbocycles. The van der Waals surface area contributed by atoms with Gasteiger partial charge in [-0.15, -0.1) is 0 Å². The topological polar surface area (TPSA) is 64.6 Å². The molecule has 0 radical (unpaired) electrons. The number of ether oxygens (including phenoxy) is 2. The van der Waals surface area contributed by atoms with Gasteiger partial charge in [0.05, 0.1) is 6.42 Å². The summed E-state index contributed by atoms with van der Waals surface area (Å²) < 4.78 is 10.5. The lowest BCUT2D eigenvalue weighted by atomic mass is 10.2. The summed E-state index contributed by atoms with van der Waals surface area (Å²) in [7, 11) is 0. The van der Waals surface area contributed by atoms with Crippen LogP contribution in [0, 0.1) is 0 Å². The van der Waals surface area contributed by atoms with Gasteiger partial charge < -0.3 is 14.8 Å². The van der Waals surface area contributed by atoms with E-state index in [-0.39, 0.29) is 12.4 Å². The minimum atomic E-state index is -0.569. The molecule has 0 rings (SSSR count). The first kappa shape index (κ1) is 20.0. The summed E-state index contributed by atoms with van der Waals surface area (Å²) in [6.45, 7) is 11.4. The lowest BCUT2D eigenvalue weighted by Gasteiger charge is -2.21. The molecule has 122 valence electrons. The van der Waals surface area contributed by atoms with Crippen molar-refractivity contribution in [1.29, 1.82) is 0 Å². The Kier molecular flexibility index (Phi) is 8.00. The van der Waals surface area contributed by atoms with E-state index in [1.165, 1.54) is 6.08 Å². The van der Waals surface area contributed by atoms with E-state index in [2.05, 4.69) is 21.2 Å². The van der Waals surface area contributed by atoms with Crippen LogP contribution in [0.2, 0.25) is 0 Å². The molecule has 0 aliphatic carbocycles. The Morgan fingerprint density at radius 1 is 1.05 bits per heavy atom. The highest BCUT2D eigenvalue weighted by Gasteiger charge is 2.19. The SMILES string of the molecule is CC(C)(C)OC(=O)/C=C(/CC(=O)OC(C)(C)C)NCCBr. The molecule has 0 saturated heterocycles.